The maximum atomic E-state index is 5.49. The van der Waals surface area contributed by atoms with Crippen LogP contribution >= 0.6 is 0 Å². The zero-order valence-electron chi connectivity index (χ0n) is 7.96. The number of rotatable bonds is 4. The van der Waals surface area contributed by atoms with Gasteiger partial charge in [0.05, 0.1) is 12.2 Å². The fourth-order valence-corrected chi connectivity index (χ4v) is 2.21. The summed E-state index contributed by atoms with van der Waals surface area (Å²) in [7, 11) is 0. The molecule has 0 bridgehead atoms. The first kappa shape index (κ1) is 8.55. The number of epoxide rings is 1. The van der Waals surface area contributed by atoms with Crippen molar-refractivity contribution in [1.29, 1.82) is 0 Å². The normalized spacial score (nSPS) is 39.2. The lowest BCUT2D eigenvalue weighted by Crippen LogP contribution is -2.13. The van der Waals surface area contributed by atoms with Crippen LogP contribution in [0, 0.1) is 12.3 Å². The molecule has 1 heterocycles. The number of unbranched alkanes of at least 4 members (excludes halogenated alkanes) is 2. The number of hydrogen-bond donors (Lipinski definition) is 0. The first-order chi connectivity index (χ1) is 5.90. The molecule has 3 unspecified atom stereocenters. The van der Waals surface area contributed by atoms with Crippen LogP contribution in [-0.4, -0.2) is 12.2 Å². The lowest BCUT2D eigenvalue weighted by Gasteiger charge is -2.17. The molecule has 0 aromatic heterocycles. The van der Waals surface area contributed by atoms with E-state index in [1.54, 1.807) is 0 Å². The molecule has 1 saturated heterocycles. The maximum absolute atomic E-state index is 5.49. The molecule has 0 aromatic rings. The molecule has 2 rings (SSSR count). The van der Waals surface area contributed by atoms with Crippen LogP contribution in [0.25, 0.3) is 0 Å². The Morgan fingerprint density at radius 1 is 1.33 bits per heavy atom. The van der Waals surface area contributed by atoms with Crippen molar-refractivity contribution in [3.05, 3.63) is 6.42 Å². The van der Waals surface area contributed by atoms with E-state index in [-0.39, 0.29) is 0 Å². The third-order valence-electron chi connectivity index (χ3n) is 3.10. The van der Waals surface area contributed by atoms with Crippen LogP contribution in [0.15, 0.2) is 0 Å². The summed E-state index contributed by atoms with van der Waals surface area (Å²) in [4.78, 5) is 0. The minimum absolute atomic E-state index is 0.654. The third-order valence-corrected chi connectivity index (χ3v) is 3.10. The Labute approximate surface area is 75.5 Å². The van der Waals surface area contributed by atoms with E-state index in [1.807, 2.05) is 0 Å². The smallest absolute Gasteiger partial charge is 0.0844 e. The van der Waals surface area contributed by atoms with Gasteiger partial charge >= 0.3 is 0 Å². The van der Waals surface area contributed by atoms with E-state index >= 15 is 0 Å². The average molecular weight is 167 g/mol. The summed E-state index contributed by atoms with van der Waals surface area (Å²) >= 11 is 0. The number of ether oxygens (including phenoxy) is 1. The van der Waals surface area contributed by atoms with E-state index in [1.165, 1.54) is 38.5 Å². The van der Waals surface area contributed by atoms with Crippen molar-refractivity contribution >= 4 is 0 Å². The monoisotopic (exact) mass is 167 g/mol. The molecule has 0 N–H and O–H groups in total. The van der Waals surface area contributed by atoms with Gasteiger partial charge in [0, 0.05) is 0 Å². The second-order valence-corrected chi connectivity index (χ2v) is 4.16. The fourth-order valence-electron chi connectivity index (χ4n) is 2.21. The fraction of sp³-hybridized carbons (Fsp3) is 0.909. The summed E-state index contributed by atoms with van der Waals surface area (Å²) in [6.45, 7) is 2.26. The van der Waals surface area contributed by atoms with Crippen molar-refractivity contribution in [3.63, 3.8) is 0 Å². The molecule has 0 amide bonds. The average Bonchev–Trinajstić information content (AvgIpc) is 2.83. The van der Waals surface area contributed by atoms with Crippen molar-refractivity contribution in [1.82, 2.24) is 0 Å². The van der Waals surface area contributed by atoms with Crippen molar-refractivity contribution in [2.24, 2.45) is 5.92 Å². The lowest BCUT2D eigenvalue weighted by molar-refractivity contribution is 0.367. The van der Waals surface area contributed by atoms with Gasteiger partial charge in [0.1, 0.15) is 0 Å². The van der Waals surface area contributed by atoms with Crippen LogP contribution in [0.4, 0.5) is 0 Å². The second kappa shape index (κ2) is 3.78. The van der Waals surface area contributed by atoms with Gasteiger partial charge in [0.25, 0.3) is 0 Å². The molecule has 1 aliphatic heterocycles. The molecule has 2 fully saturated rings. The Hall–Kier alpha value is -0.0400. The SMILES string of the molecule is CCCC[CH]C1CCC2OC2C1. The quantitative estimate of drug-likeness (QED) is 0.463. The van der Waals surface area contributed by atoms with Crippen LogP contribution < -0.4 is 0 Å². The highest BCUT2D eigenvalue weighted by Crippen LogP contribution is 2.40. The summed E-state index contributed by atoms with van der Waals surface area (Å²) in [5, 5.41) is 0. The number of fused-ring (bicyclic) bond motifs is 1. The zero-order chi connectivity index (χ0) is 8.39. The van der Waals surface area contributed by atoms with E-state index in [0.29, 0.717) is 12.2 Å². The van der Waals surface area contributed by atoms with E-state index in [0.717, 1.165) is 5.92 Å². The van der Waals surface area contributed by atoms with Gasteiger partial charge in [-0.05, 0) is 38.0 Å². The van der Waals surface area contributed by atoms with Crippen LogP contribution in [0.5, 0.6) is 0 Å². The van der Waals surface area contributed by atoms with E-state index in [2.05, 4.69) is 13.3 Å². The highest BCUT2D eigenvalue weighted by Gasteiger charge is 2.43. The van der Waals surface area contributed by atoms with E-state index in [4.69, 9.17) is 4.74 Å². The van der Waals surface area contributed by atoms with Gasteiger partial charge in [0.15, 0.2) is 0 Å². The highest BCUT2D eigenvalue weighted by molar-refractivity contribution is 4.95. The lowest BCUT2D eigenvalue weighted by atomic mass is 9.86. The summed E-state index contributed by atoms with van der Waals surface area (Å²) in [5.41, 5.74) is 0. The maximum Gasteiger partial charge on any atom is 0.0844 e. The van der Waals surface area contributed by atoms with Crippen LogP contribution in [0.1, 0.15) is 45.4 Å². The number of hydrogen-bond acceptors (Lipinski definition) is 1. The van der Waals surface area contributed by atoms with Crippen LogP contribution in [0.2, 0.25) is 0 Å². The third kappa shape index (κ3) is 2.01. The molecular weight excluding hydrogens is 148 g/mol. The molecule has 69 valence electrons. The Morgan fingerprint density at radius 2 is 2.25 bits per heavy atom. The first-order valence-electron chi connectivity index (χ1n) is 5.39. The molecule has 1 nitrogen and oxygen atoms in total. The van der Waals surface area contributed by atoms with Crippen LogP contribution in [-0.2, 0) is 4.74 Å². The summed E-state index contributed by atoms with van der Waals surface area (Å²) in [5.74, 6) is 0.875. The van der Waals surface area contributed by atoms with Gasteiger partial charge in [-0.2, -0.15) is 0 Å². The molecule has 1 aliphatic carbocycles. The van der Waals surface area contributed by atoms with Gasteiger partial charge < -0.3 is 4.74 Å². The molecule has 3 atom stereocenters. The molecule has 1 radical (unpaired) electrons. The van der Waals surface area contributed by atoms with Crippen LogP contribution in [0.3, 0.4) is 0 Å². The highest BCUT2D eigenvalue weighted by atomic mass is 16.6. The van der Waals surface area contributed by atoms with Crippen molar-refractivity contribution in [2.75, 3.05) is 0 Å². The van der Waals surface area contributed by atoms with Gasteiger partial charge in [-0.15, -0.1) is 0 Å². The molecule has 0 aromatic carbocycles. The minimum atomic E-state index is 0.654. The molecular formula is C11H19O. The standard InChI is InChI=1S/C11H19O/c1-2-3-4-5-9-6-7-10-11(8-9)12-10/h5,9-11H,2-4,6-8H2,1H3. The van der Waals surface area contributed by atoms with E-state index in [9.17, 15) is 0 Å². The molecule has 1 saturated carbocycles. The van der Waals surface area contributed by atoms with Crippen molar-refractivity contribution in [3.8, 4) is 0 Å². The summed E-state index contributed by atoms with van der Waals surface area (Å²) in [6.07, 6.45) is 11.9. The zero-order valence-corrected chi connectivity index (χ0v) is 7.96. The summed E-state index contributed by atoms with van der Waals surface area (Å²) in [6, 6.07) is 0. The molecule has 2 aliphatic rings. The van der Waals surface area contributed by atoms with Gasteiger partial charge in [-0.1, -0.05) is 19.8 Å². The Morgan fingerprint density at radius 3 is 3.00 bits per heavy atom. The Kier molecular flexibility index (Phi) is 2.69. The molecule has 0 spiro atoms. The Balaban J connectivity index is 1.61. The molecule has 1 heteroatoms. The topological polar surface area (TPSA) is 12.5 Å². The van der Waals surface area contributed by atoms with Crippen molar-refractivity contribution in [2.45, 2.75) is 57.7 Å². The summed E-state index contributed by atoms with van der Waals surface area (Å²) < 4.78 is 5.49. The van der Waals surface area contributed by atoms with Gasteiger partial charge in [-0.25, -0.2) is 0 Å². The van der Waals surface area contributed by atoms with Gasteiger partial charge in [-0.3, -0.25) is 0 Å². The molecule has 12 heavy (non-hydrogen) atoms. The predicted molar refractivity (Wildman–Crippen MR) is 49.8 cm³/mol. The van der Waals surface area contributed by atoms with E-state index < -0.39 is 0 Å². The second-order valence-electron chi connectivity index (χ2n) is 4.16. The largest absolute Gasteiger partial charge is 0.370 e. The predicted octanol–water partition coefficient (Wildman–Crippen LogP) is 2.95. The Bertz CT molecular complexity index is 144. The van der Waals surface area contributed by atoms with Crippen molar-refractivity contribution < 1.29 is 4.74 Å². The minimum Gasteiger partial charge on any atom is -0.370 e. The van der Waals surface area contributed by atoms with Gasteiger partial charge in [0.2, 0.25) is 0 Å². The first-order valence-corrected chi connectivity index (χ1v) is 5.39.